The highest BCUT2D eigenvalue weighted by molar-refractivity contribution is 5.85. The fourth-order valence-electron chi connectivity index (χ4n) is 1.89. The molecule has 3 heterocycles. The molecule has 1 N–H and O–H groups in total. The highest BCUT2D eigenvalue weighted by Crippen LogP contribution is 2.15. The lowest BCUT2D eigenvalue weighted by Crippen LogP contribution is -2.19. The van der Waals surface area contributed by atoms with Gasteiger partial charge < -0.3 is 14.5 Å². The minimum absolute atomic E-state index is 0. The van der Waals surface area contributed by atoms with Crippen LogP contribution in [-0.2, 0) is 0 Å². The van der Waals surface area contributed by atoms with Gasteiger partial charge in [-0.15, -0.1) is 12.4 Å². The number of hydrogen-bond donors (Lipinski definition) is 1. The number of nitrogens with zero attached hydrogens (tertiary/aromatic N) is 2. The number of ether oxygens (including phenoxy) is 1. The third-order valence-electron chi connectivity index (χ3n) is 2.68. The van der Waals surface area contributed by atoms with Crippen LogP contribution in [0.1, 0.15) is 6.42 Å². The Morgan fingerprint density at radius 2 is 2.38 bits per heavy atom. The van der Waals surface area contributed by atoms with Crippen LogP contribution in [0.15, 0.2) is 30.7 Å². The van der Waals surface area contributed by atoms with Gasteiger partial charge in [0.2, 0.25) is 0 Å². The zero-order chi connectivity index (χ0) is 10.1. The van der Waals surface area contributed by atoms with Crippen LogP contribution >= 0.6 is 12.4 Å². The van der Waals surface area contributed by atoms with E-state index in [-0.39, 0.29) is 12.4 Å². The van der Waals surface area contributed by atoms with Gasteiger partial charge in [0.05, 0.1) is 6.20 Å². The quantitative estimate of drug-likeness (QED) is 0.863. The van der Waals surface area contributed by atoms with Gasteiger partial charge in [-0.25, -0.2) is 4.98 Å². The number of aromatic nitrogens is 2. The molecule has 1 fully saturated rings. The molecule has 1 unspecified atom stereocenters. The van der Waals surface area contributed by atoms with Crippen LogP contribution < -0.4 is 10.1 Å². The van der Waals surface area contributed by atoms with E-state index < -0.39 is 0 Å². The molecule has 16 heavy (non-hydrogen) atoms. The Kier molecular flexibility index (Phi) is 3.31. The smallest absolute Gasteiger partial charge is 0.136 e. The summed E-state index contributed by atoms with van der Waals surface area (Å²) in [5.74, 6) is 0.911. The second-order valence-electron chi connectivity index (χ2n) is 3.79. The first-order valence-electron chi connectivity index (χ1n) is 5.22. The van der Waals surface area contributed by atoms with Crippen molar-refractivity contribution in [3.8, 4) is 5.75 Å². The Morgan fingerprint density at radius 1 is 1.44 bits per heavy atom. The van der Waals surface area contributed by atoms with Crippen molar-refractivity contribution in [1.29, 1.82) is 0 Å². The van der Waals surface area contributed by atoms with Gasteiger partial charge in [-0.1, -0.05) is 0 Å². The van der Waals surface area contributed by atoms with E-state index in [1.165, 1.54) is 0 Å². The van der Waals surface area contributed by atoms with Gasteiger partial charge in [0, 0.05) is 18.9 Å². The molecule has 86 valence electrons. The van der Waals surface area contributed by atoms with Gasteiger partial charge in [-0.3, -0.25) is 0 Å². The molecular weight excluding hydrogens is 226 g/mol. The first-order valence-corrected chi connectivity index (χ1v) is 5.22. The van der Waals surface area contributed by atoms with Crippen molar-refractivity contribution in [3.63, 3.8) is 0 Å². The Morgan fingerprint density at radius 3 is 3.19 bits per heavy atom. The summed E-state index contributed by atoms with van der Waals surface area (Å²) in [4.78, 5) is 4.19. The number of fused-ring (bicyclic) bond motifs is 1. The highest BCUT2D eigenvalue weighted by atomic mass is 35.5. The van der Waals surface area contributed by atoms with Crippen LogP contribution in [0.2, 0.25) is 0 Å². The molecule has 3 rings (SSSR count). The summed E-state index contributed by atoms with van der Waals surface area (Å²) < 4.78 is 7.81. The number of pyridine rings is 1. The second kappa shape index (κ2) is 4.72. The molecule has 0 aliphatic carbocycles. The summed E-state index contributed by atoms with van der Waals surface area (Å²) in [6.07, 6.45) is 7.08. The summed E-state index contributed by atoms with van der Waals surface area (Å²) in [5, 5.41) is 3.28. The Labute approximate surface area is 100 Å². The maximum atomic E-state index is 5.84. The van der Waals surface area contributed by atoms with Crippen LogP contribution in [0.4, 0.5) is 0 Å². The number of halogens is 1. The molecule has 0 spiro atoms. The fourth-order valence-corrected chi connectivity index (χ4v) is 1.89. The second-order valence-corrected chi connectivity index (χ2v) is 3.79. The number of rotatable bonds is 2. The minimum Gasteiger partial charge on any atom is -0.488 e. The van der Waals surface area contributed by atoms with Gasteiger partial charge >= 0.3 is 0 Å². The van der Waals surface area contributed by atoms with E-state index in [0.29, 0.717) is 6.10 Å². The van der Waals surface area contributed by atoms with Crippen LogP contribution in [0.25, 0.3) is 5.65 Å². The summed E-state index contributed by atoms with van der Waals surface area (Å²) in [6.45, 7) is 2.00. The third-order valence-corrected chi connectivity index (χ3v) is 2.68. The van der Waals surface area contributed by atoms with E-state index in [0.717, 1.165) is 30.9 Å². The van der Waals surface area contributed by atoms with E-state index in [1.54, 1.807) is 6.20 Å². The van der Waals surface area contributed by atoms with Gasteiger partial charge in [0.15, 0.2) is 0 Å². The standard InChI is InChI=1S/C11H13N3O.ClH/c1-2-11-13-5-6-14(11)8-10(1)15-9-3-4-12-7-9;/h1-2,5-6,8-9,12H,3-4,7H2;1H. The van der Waals surface area contributed by atoms with E-state index >= 15 is 0 Å². The van der Waals surface area contributed by atoms with Crippen LogP contribution in [-0.4, -0.2) is 28.6 Å². The molecule has 5 heteroatoms. The Hall–Kier alpha value is -1.26. The molecule has 0 aromatic carbocycles. The van der Waals surface area contributed by atoms with Crippen molar-refractivity contribution in [3.05, 3.63) is 30.7 Å². The molecule has 4 nitrogen and oxygen atoms in total. The molecule has 1 aliphatic rings. The number of imidazole rings is 1. The van der Waals surface area contributed by atoms with Crippen LogP contribution in [0.5, 0.6) is 5.75 Å². The number of nitrogens with one attached hydrogen (secondary N) is 1. The average Bonchev–Trinajstić information content (AvgIpc) is 2.87. The van der Waals surface area contributed by atoms with Crippen LogP contribution in [0, 0.1) is 0 Å². The predicted molar refractivity (Wildman–Crippen MR) is 64.3 cm³/mol. The molecule has 1 aliphatic heterocycles. The first kappa shape index (κ1) is 11.2. The zero-order valence-electron chi connectivity index (χ0n) is 8.80. The monoisotopic (exact) mass is 239 g/mol. The topological polar surface area (TPSA) is 38.6 Å². The summed E-state index contributed by atoms with van der Waals surface area (Å²) in [5.41, 5.74) is 0.951. The summed E-state index contributed by atoms with van der Waals surface area (Å²) >= 11 is 0. The molecular formula is C11H14ClN3O. The average molecular weight is 240 g/mol. The predicted octanol–water partition coefficient (Wildman–Crippen LogP) is 1.50. The molecule has 2 aromatic heterocycles. The molecule has 2 aromatic rings. The van der Waals surface area contributed by atoms with E-state index in [9.17, 15) is 0 Å². The maximum Gasteiger partial charge on any atom is 0.136 e. The van der Waals surface area contributed by atoms with Crippen molar-refractivity contribution in [2.24, 2.45) is 0 Å². The summed E-state index contributed by atoms with van der Waals surface area (Å²) in [6, 6.07) is 3.94. The Balaban J connectivity index is 0.000000963. The first-order chi connectivity index (χ1) is 7.42. The molecule has 0 saturated carbocycles. The molecule has 0 amide bonds. The SMILES string of the molecule is Cl.c1cn2cc(OC3CCNC3)ccc2n1. The van der Waals surface area contributed by atoms with E-state index in [2.05, 4.69) is 10.3 Å². The van der Waals surface area contributed by atoms with Crippen molar-refractivity contribution in [2.75, 3.05) is 13.1 Å². The summed E-state index contributed by atoms with van der Waals surface area (Å²) in [7, 11) is 0. The normalized spacial score (nSPS) is 19.6. The van der Waals surface area contributed by atoms with Crippen molar-refractivity contribution in [1.82, 2.24) is 14.7 Å². The van der Waals surface area contributed by atoms with E-state index in [4.69, 9.17) is 4.74 Å². The van der Waals surface area contributed by atoms with Crippen molar-refractivity contribution in [2.45, 2.75) is 12.5 Å². The number of hydrogen-bond acceptors (Lipinski definition) is 3. The lowest BCUT2D eigenvalue weighted by molar-refractivity contribution is 0.222. The molecule has 1 atom stereocenters. The zero-order valence-corrected chi connectivity index (χ0v) is 9.61. The van der Waals surface area contributed by atoms with Gasteiger partial charge in [0.1, 0.15) is 17.5 Å². The minimum atomic E-state index is 0. The lowest BCUT2D eigenvalue weighted by atomic mass is 10.3. The lowest BCUT2D eigenvalue weighted by Gasteiger charge is -2.12. The largest absolute Gasteiger partial charge is 0.488 e. The molecule has 0 bridgehead atoms. The third kappa shape index (κ3) is 2.13. The molecule has 1 saturated heterocycles. The van der Waals surface area contributed by atoms with Gasteiger partial charge in [-0.05, 0) is 25.1 Å². The maximum absolute atomic E-state index is 5.84. The van der Waals surface area contributed by atoms with Gasteiger partial charge in [0.25, 0.3) is 0 Å². The highest BCUT2D eigenvalue weighted by Gasteiger charge is 2.15. The fraction of sp³-hybridized carbons (Fsp3) is 0.364. The van der Waals surface area contributed by atoms with Crippen molar-refractivity contribution < 1.29 is 4.74 Å². The Bertz CT molecular complexity index is 465. The van der Waals surface area contributed by atoms with Crippen molar-refractivity contribution >= 4 is 18.1 Å². The van der Waals surface area contributed by atoms with Gasteiger partial charge in [-0.2, -0.15) is 0 Å². The van der Waals surface area contributed by atoms with Crippen LogP contribution in [0.3, 0.4) is 0 Å². The molecule has 0 radical (unpaired) electrons. The van der Waals surface area contributed by atoms with E-state index in [1.807, 2.05) is 28.9 Å².